The number of aryl methyl sites for hydroxylation is 4. The first kappa shape index (κ1) is 39.0. The highest BCUT2D eigenvalue weighted by Gasteiger charge is 2.26. The minimum atomic E-state index is -0.209. The number of nitrogens with zero attached hydrogens (tertiary/aromatic N) is 4. The van der Waals surface area contributed by atoms with Crippen molar-refractivity contribution in [3.8, 4) is 22.4 Å². The van der Waals surface area contributed by atoms with Crippen molar-refractivity contribution in [1.29, 1.82) is 0 Å². The molecule has 3 aromatic carbocycles. The minimum absolute atomic E-state index is 0. The Morgan fingerprint density at radius 3 is 2.02 bits per heavy atom. The second-order valence-electron chi connectivity index (χ2n) is 12.8. The van der Waals surface area contributed by atoms with Gasteiger partial charge in [0.2, 0.25) is 0 Å². The molecule has 0 amide bonds. The topological polar surface area (TPSA) is 32.3 Å². The largest absolute Gasteiger partial charge is 0.364 e. The molecule has 0 atom stereocenters. The molecule has 254 valence electrons. The number of piperidine rings is 1. The van der Waals surface area contributed by atoms with Crippen LogP contribution in [0.15, 0.2) is 91.4 Å². The van der Waals surface area contributed by atoms with E-state index in [1.54, 1.807) is 12.1 Å². The molecule has 1 aliphatic heterocycles. The number of aromatic nitrogens is 2. The van der Waals surface area contributed by atoms with E-state index in [9.17, 15) is 4.39 Å². The zero-order valence-corrected chi connectivity index (χ0v) is 30.8. The number of pyridine rings is 2. The van der Waals surface area contributed by atoms with Gasteiger partial charge in [0.15, 0.2) is 0 Å². The molecule has 1 saturated heterocycles. The van der Waals surface area contributed by atoms with Crippen LogP contribution in [0.2, 0.25) is 0 Å². The molecule has 5 aromatic rings. The van der Waals surface area contributed by atoms with Crippen molar-refractivity contribution in [3.05, 3.63) is 136 Å². The SMILES string of the molecule is Cc1ccc(-c2cc(CN3CCC(N(Cc4cncc(-c5cc(C)c(C)c(C)c5)c4)c4ccc(F)cc4)CC3)ccn2)cc1C.Cl.Cl.Cl. The fraction of sp³-hybridized carbons (Fsp3) is 0.300. The Morgan fingerprint density at radius 1 is 0.688 bits per heavy atom. The van der Waals surface area contributed by atoms with Crippen LogP contribution < -0.4 is 4.90 Å². The van der Waals surface area contributed by atoms with Crippen LogP contribution >= 0.6 is 37.2 Å². The van der Waals surface area contributed by atoms with Gasteiger partial charge in [-0.25, -0.2) is 4.39 Å². The van der Waals surface area contributed by atoms with E-state index in [0.717, 1.165) is 61.5 Å². The summed E-state index contributed by atoms with van der Waals surface area (Å²) in [5.74, 6) is -0.209. The molecule has 0 unspecified atom stereocenters. The van der Waals surface area contributed by atoms with Crippen molar-refractivity contribution in [3.63, 3.8) is 0 Å². The molecular weight excluding hydrogens is 662 g/mol. The lowest BCUT2D eigenvalue weighted by molar-refractivity contribution is 0.201. The van der Waals surface area contributed by atoms with Crippen LogP contribution in [0.25, 0.3) is 22.4 Å². The van der Waals surface area contributed by atoms with Gasteiger partial charge in [0.1, 0.15) is 5.82 Å². The molecule has 0 radical (unpaired) electrons. The van der Waals surface area contributed by atoms with Crippen LogP contribution in [0.3, 0.4) is 0 Å². The van der Waals surface area contributed by atoms with Gasteiger partial charge >= 0.3 is 0 Å². The molecule has 4 nitrogen and oxygen atoms in total. The van der Waals surface area contributed by atoms with Gasteiger partial charge in [0.05, 0.1) is 5.69 Å². The first-order chi connectivity index (χ1) is 21.7. The van der Waals surface area contributed by atoms with E-state index in [0.29, 0.717) is 6.04 Å². The van der Waals surface area contributed by atoms with Crippen LogP contribution in [0.4, 0.5) is 10.1 Å². The van der Waals surface area contributed by atoms with E-state index in [-0.39, 0.29) is 43.0 Å². The number of hydrogen-bond acceptors (Lipinski definition) is 4. The van der Waals surface area contributed by atoms with E-state index in [1.165, 1.54) is 44.5 Å². The lowest BCUT2D eigenvalue weighted by Crippen LogP contribution is -2.44. The second kappa shape index (κ2) is 17.3. The summed E-state index contributed by atoms with van der Waals surface area (Å²) < 4.78 is 13.9. The van der Waals surface area contributed by atoms with Gasteiger partial charge in [-0.15, -0.1) is 37.2 Å². The molecule has 0 aliphatic carbocycles. The molecule has 48 heavy (non-hydrogen) atoms. The van der Waals surface area contributed by atoms with E-state index in [2.05, 4.69) is 103 Å². The number of benzene rings is 3. The number of rotatable bonds is 8. The molecule has 8 heteroatoms. The van der Waals surface area contributed by atoms with Gasteiger partial charge in [-0.3, -0.25) is 14.9 Å². The lowest BCUT2D eigenvalue weighted by Gasteiger charge is -2.40. The Kier molecular flexibility index (Phi) is 14.0. The van der Waals surface area contributed by atoms with Crippen LogP contribution in [-0.4, -0.2) is 34.0 Å². The molecule has 0 N–H and O–H groups in total. The average Bonchev–Trinajstić information content (AvgIpc) is 3.05. The van der Waals surface area contributed by atoms with Crippen LogP contribution in [-0.2, 0) is 13.1 Å². The maximum atomic E-state index is 13.9. The predicted molar refractivity (Wildman–Crippen MR) is 206 cm³/mol. The third kappa shape index (κ3) is 9.15. The van der Waals surface area contributed by atoms with Gasteiger partial charge in [0, 0.05) is 67.6 Å². The fourth-order valence-corrected chi connectivity index (χ4v) is 6.47. The molecule has 0 bridgehead atoms. The zero-order chi connectivity index (χ0) is 31.5. The first-order valence-electron chi connectivity index (χ1n) is 16.0. The average molecular weight is 708 g/mol. The highest BCUT2D eigenvalue weighted by Crippen LogP contribution is 2.30. The highest BCUT2D eigenvalue weighted by molar-refractivity contribution is 5.86. The smallest absolute Gasteiger partial charge is 0.123 e. The summed E-state index contributed by atoms with van der Waals surface area (Å²) in [6, 6.07) is 25.0. The van der Waals surface area contributed by atoms with E-state index in [1.807, 2.05) is 30.7 Å². The van der Waals surface area contributed by atoms with E-state index in [4.69, 9.17) is 0 Å². The summed E-state index contributed by atoms with van der Waals surface area (Å²) in [6.07, 6.45) is 7.94. The van der Waals surface area contributed by atoms with Gasteiger partial charge in [-0.2, -0.15) is 0 Å². The molecular formula is C40H46Cl3FN4. The maximum Gasteiger partial charge on any atom is 0.123 e. The van der Waals surface area contributed by atoms with E-state index >= 15 is 0 Å². The predicted octanol–water partition coefficient (Wildman–Crippen LogP) is 10.4. The van der Waals surface area contributed by atoms with Crippen molar-refractivity contribution < 1.29 is 4.39 Å². The first-order valence-corrected chi connectivity index (χ1v) is 16.0. The lowest BCUT2D eigenvalue weighted by atomic mass is 9.96. The van der Waals surface area contributed by atoms with Crippen LogP contribution in [0.1, 0.15) is 51.8 Å². The van der Waals surface area contributed by atoms with Crippen molar-refractivity contribution in [2.24, 2.45) is 0 Å². The van der Waals surface area contributed by atoms with E-state index < -0.39 is 0 Å². The molecule has 0 spiro atoms. The van der Waals surface area contributed by atoms with Crippen molar-refractivity contribution in [1.82, 2.24) is 14.9 Å². The van der Waals surface area contributed by atoms with Crippen molar-refractivity contribution in [2.45, 2.75) is 66.6 Å². The molecule has 1 aliphatic rings. The van der Waals surface area contributed by atoms with Crippen molar-refractivity contribution in [2.75, 3.05) is 18.0 Å². The maximum absolute atomic E-state index is 13.9. The monoisotopic (exact) mass is 706 g/mol. The molecule has 1 fully saturated rings. The van der Waals surface area contributed by atoms with Gasteiger partial charge in [-0.05, 0) is 140 Å². The summed E-state index contributed by atoms with van der Waals surface area (Å²) in [7, 11) is 0. The summed E-state index contributed by atoms with van der Waals surface area (Å²) >= 11 is 0. The summed E-state index contributed by atoms with van der Waals surface area (Å²) in [6.45, 7) is 14.5. The standard InChI is InChI=1S/C40H43FN4.3ClH/c1-27-6-7-34(18-28(27)2)40-22-32(12-15-43-40)25-44-16-13-39(14-17-44)45(38-10-8-37(41)9-11-38)26-33-21-36(24-42-23-33)35-19-29(3)31(5)30(4)20-35;;;/h6-12,15,18-24,39H,13-14,16-17,25-26H2,1-5H3;3*1H. The molecule has 3 heterocycles. The van der Waals surface area contributed by atoms with Crippen molar-refractivity contribution >= 4 is 42.9 Å². The van der Waals surface area contributed by atoms with Gasteiger partial charge in [-0.1, -0.05) is 24.3 Å². The second-order valence-corrected chi connectivity index (χ2v) is 12.8. The third-order valence-electron chi connectivity index (χ3n) is 9.60. The number of anilines is 1. The van der Waals surface area contributed by atoms with Crippen LogP contribution in [0, 0.1) is 40.4 Å². The fourth-order valence-electron chi connectivity index (χ4n) is 6.47. The summed E-state index contributed by atoms with van der Waals surface area (Å²) in [5.41, 5.74) is 14.5. The number of likely N-dealkylation sites (tertiary alicyclic amines) is 1. The summed E-state index contributed by atoms with van der Waals surface area (Å²) in [5, 5.41) is 0. The van der Waals surface area contributed by atoms with Crippen LogP contribution in [0.5, 0.6) is 0 Å². The van der Waals surface area contributed by atoms with Gasteiger partial charge in [0.25, 0.3) is 0 Å². The molecule has 6 rings (SSSR count). The molecule has 2 aromatic heterocycles. The summed E-state index contributed by atoms with van der Waals surface area (Å²) in [4.78, 5) is 14.3. The minimum Gasteiger partial charge on any atom is -0.364 e. The number of halogens is 4. The Labute approximate surface area is 304 Å². The number of hydrogen-bond donors (Lipinski definition) is 0. The normalized spacial score (nSPS) is 13.2. The Balaban J connectivity index is 0.00000208. The third-order valence-corrected chi connectivity index (χ3v) is 9.60. The van der Waals surface area contributed by atoms with Gasteiger partial charge < -0.3 is 4.90 Å². The quantitative estimate of drug-likeness (QED) is 0.161. The Bertz CT molecular complexity index is 1780. The Hall–Kier alpha value is -3.48. The zero-order valence-electron chi connectivity index (χ0n) is 28.4. The highest BCUT2D eigenvalue weighted by atomic mass is 35.5. The molecule has 0 saturated carbocycles. The Morgan fingerprint density at radius 2 is 1.35 bits per heavy atom.